The molecule has 1 aliphatic heterocycles. The Morgan fingerprint density at radius 1 is 1.72 bits per heavy atom. The Kier molecular flexibility index (Phi) is 3.55. The first kappa shape index (κ1) is 12.9. The first-order chi connectivity index (χ1) is 8.52. The van der Waals surface area contributed by atoms with Gasteiger partial charge in [-0.2, -0.15) is 4.98 Å². The summed E-state index contributed by atoms with van der Waals surface area (Å²) in [5, 5.41) is 17.8. The van der Waals surface area contributed by atoms with Crippen molar-refractivity contribution in [2.24, 2.45) is 0 Å². The van der Waals surface area contributed by atoms with Crippen molar-refractivity contribution in [2.75, 3.05) is 18.1 Å². The summed E-state index contributed by atoms with van der Waals surface area (Å²) >= 11 is 1.33. The second-order valence-electron chi connectivity index (χ2n) is 3.57. The molecule has 2 heterocycles. The Bertz CT molecular complexity index is 531. The van der Waals surface area contributed by atoms with Crippen molar-refractivity contribution in [1.29, 1.82) is 0 Å². The number of carboxylic acid groups (broad SMARTS) is 1. The highest BCUT2D eigenvalue weighted by atomic mass is 32.2. The molecule has 98 valence electrons. The van der Waals surface area contributed by atoms with Crippen LogP contribution in [0.25, 0.3) is 0 Å². The molecule has 0 aliphatic carbocycles. The number of rotatable bonds is 3. The summed E-state index contributed by atoms with van der Waals surface area (Å²) in [5.41, 5.74) is 4.00. The average molecular weight is 273 g/mol. The molecule has 1 aromatic rings. The number of carboxylic acids is 1. The van der Waals surface area contributed by atoms with Crippen LogP contribution in [0.2, 0.25) is 0 Å². The molecule has 0 unspecified atom stereocenters. The van der Waals surface area contributed by atoms with E-state index >= 15 is 0 Å². The lowest BCUT2D eigenvalue weighted by Crippen LogP contribution is -2.30. The van der Waals surface area contributed by atoms with E-state index in [0.29, 0.717) is 5.75 Å². The van der Waals surface area contributed by atoms with Gasteiger partial charge in [-0.1, -0.05) is 0 Å². The minimum atomic E-state index is -1.27. The molecule has 4 N–H and O–H groups in total. The molecular weight excluding hydrogens is 262 g/mol. The SMILES string of the molecule is Nc1nc(=O)n([C@@H]2CS[C@H](CO)O2)cc1C(=O)O. The van der Waals surface area contributed by atoms with Crippen molar-refractivity contribution >= 4 is 23.5 Å². The molecule has 2 atom stereocenters. The van der Waals surface area contributed by atoms with Crippen molar-refractivity contribution in [3.8, 4) is 0 Å². The van der Waals surface area contributed by atoms with E-state index in [1.807, 2.05) is 0 Å². The maximum absolute atomic E-state index is 11.6. The Morgan fingerprint density at radius 2 is 2.44 bits per heavy atom. The van der Waals surface area contributed by atoms with Gasteiger partial charge in [0.1, 0.15) is 23.0 Å². The number of nitrogens with two attached hydrogens (primary N) is 1. The number of nitrogens with zero attached hydrogens (tertiary/aromatic N) is 2. The number of aromatic nitrogens is 2. The molecule has 0 amide bonds. The molecular formula is C9H11N3O5S. The highest BCUT2D eigenvalue weighted by Gasteiger charge is 2.28. The summed E-state index contributed by atoms with van der Waals surface area (Å²) in [4.78, 5) is 26.0. The van der Waals surface area contributed by atoms with E-state index in [4.69, 9.17) is 20.7 Å². The van der Waals surface area contributed by atoms with Gasteiger partial charge in [0.05, 0.1) is 6.61 Å². The minimum absolute atomic E-state index is 0.176. The molecule has 0 radical (unpaired) electrons. The number of hydrogen-bond acceptors (Lipinski definition) is 7. The van der Waals surface area contributed by atoms with Crippen LogP contribution in [-0.4, -0.2) is 43.5 Å². The second-order valence-corrected chi connectivity index (χ2v) is 4.76. The fraction of sp³-hybridized carbons (Fsp3) is 0.444. The zero-order chi connectivity index (χ0) is 13.3. The van der Waals surface area contributed by atoms with Gasteiger partial charge in [0.25, 0.3) is 0 Å². The highest BCUT2D eigenvalue weighted by molar-refractivity contribution is 8.00. The molecule has 0 bridgehead atoms. The van der Waals surface area contributed by atoms with Crippen LogP contribution in [0.1, 0.15) is 16.6 Å². The van der Waals surface area contributed by atoms with Gasteiger partial charge in [0.2, 0.25) is 0 Å². The third kappa shape index (κ3) is 2.33. The third-order valence-corrected chi connectivity index (χ3v) is 3.51. The van der Waals surface area contributed by atoms with Crippen molar-refractivity contribution in [3.05, 3.63) is 22.2 Å². The number of aromatic carboxylic acids is 1. The van der Waals surface area contributed by atoms with Gasteiger partial charge in [0.15, 0.2) is 0 Å². The van der Waals surface area contributed by atoms with Gasteiger partial charge in [-0.15, -0.1) is 11.8 Å². The van der Waals surface area contributed by atoms with Crippen LogP contribution in [0.15, 0.2) is 11.0 Å². The minimum Gasteiger partial charge on any atom is -0.478 e. The summed E-state index contributed by atoms with van der Waals surface area (Å²) < 4.78 is 6.43. The molecule has 0 aromatic carbocycles. The molecule has 18 heavy (non-hydrogen) atoms. The van der Waals surface area contributed by atoms with Crippen molar-refractivity contribution in [3.63, 3.8) is 0 Å². The quantitative estimate of drug-likeness (QED) is 0.646. The lowest BCUT2D eigenvalue weighted by molar-refractivity contribution is -0.00644. The molecule has 2 rings (SSSR count). The van der Waals surface area contributed by atoms with Crippen LogP contribution >= 0.6 is 11.8 Å². The molecule has 1 fully saturated rings. The first-order valence-corrected chi connectivity index (χ1v) is 6.07. The van der Waals surface area contributed by atoms with Gasteiger partial charge in [0, 0.05) is 11.9 Å². The Balaban J connectivity index is 2.36. The van der Waals surface area contributed by atoms with E-state index in [9.17, 15) is 9.59 Å². The summed E-state index contributed by atoms with van der Waals surface area (Å²) in [6.45, 7) is -0.176. The lowest BCUT2D eigenvalue weighted by Gasteiger charge is -2.14. The molecule has 1 aromatic heterocycles. The largest absolute Gasteiger partial charge is 0.478 e. The summed E-state index contributed by atoms with van der Waals surface area (Å²) in [6.07, 6.45) is 0.462. The van der Waals surface area contributed by atoms with E-state index in [2.05, 4.69) is 4.98 Å². The highest BCUT2D eigenvalue weighted by Crippen LogP contribution is 2.30. The zero-order valence-electron chi connectivity index (χ0n) is 9.15. The van der Waals surface area contributed by atoms with Gasteiger partial charge >= 0.3 is 11.7 Å². The predicted molar refractivity (Wildman–Crippen MR) is 63.3 cm³/mol. The predicted octanol–water partition coefficient (Wildman–Crippen LogP) is -0.896. The maximum Gasteiger partial charge on any atom is 0.351 e. The number of aliphatic hydroxyl groups is 1. The van der Waals surface area contributed by atoms with Crippen LogP contribution in [-0.2, 0) is 4.74 Å². The van der Waals surface area contributed by atoms with E-state index in [-0.39, 0.29) is 18.0 Å². The number of ether oxygens (including phenoxy) is 1. The summed E-state index contributed by atoms with van der Waals surface area (Å²) in [6, 6.07) is 0. The smallest absolute Gasteiger partial charge is 0.351 e. The molecule has 0 spiro atoms. The van der Waals surface area contributed by atoms with Gasteiger partial charge in [-0.25, -0.2) is 9.59 Å². The van der Waals surface area contributed by atoms with Gasteiger partial charge in [-0.05, 0) is 0 Å². The topological polar surface area (TPSA) is 128 Å². The van der Waals surface area contributed by atoms with Gasteiger partial charge < -0.3 is 20.7 Å². The number of hydrogen-bond donors (Lipinski definition) is 3. The number of aliphatic hydroxyl groups excluding tert-OH is 1. The Hall–Kier alpha value is -1.58. The normalized spacial score (nSPS) is 23.2. The van der Waals surface area contributed by atoms with E-state index < -0.39 is 23.3 Å². The second kappa shape index (κ2) is 4.96. The third-order valence-electron chi connectivity index (χ3n) is 2.40. The standard InChI is InChI=1S/C9H11N3O5S/c10-7-4(8(14)15)1-12(9(16)11-7)5-3-18-6(2-13)17-5/h1,5-6,13H,2-3H2,(H,14,15)(H2,10,11,16)/t5-,6+/m0/s1. The lowest BCUT2D eigenvalue weighted by atomic mass is 10.3. The molecule has 0 saturated carbocycles. The van der Waals surface area contributed by atoms with Crippen LogP contribution in [0.4, 0.5) is 5.82 Å². The Labute approximate surface area is 105 Å². The number of thioether (sulfide) groups is 1. The molecule has 1 saturated heterocycles. The molecule has 1 aliphatic rings. The molecule has 8 nitrogen and oxygen atoms in total. The average Bonchev–Trinajstić information content (AvgIpc) is 2.77. The van der Waals surface area contributed by atoms with E-state index in [1.54, 1.807) is 0 Å². The maximum atomic E-state index is 11.6. The van der Waals surface area contributed by atoms with Crippen LogP contribution in [0.5, 0.6) is 0 Å². The van der Waals surface area contributed by atoms with Crippen LogP contribution < -0.4 is 11.4 Å². The summed E-state index contributed by atoms with van der Waals surface area (Å²) in [5.74, 6) is -1.17. The molecule has 9 heteroatoms. The van der Waals surface area contributed by atoms with Crippen molar-refractivity contribution < 1.29 is 19.7 Å². The van der Waals surface area contributed by atoms with Crippen molar-refractivity contribution in [2.45, 2.75) is 11.7 Å². The number of carbonyl (C=O) groups is 1. The van der Waals surface area contributed by atoms with Crippen LogP contribution in [0, 0.1) is 0 Å². The number of anilines is 1. The monoisotopic (exact) mass is 273 g/mol. The number of nitrogen functional groups attached to an aromatic ring is 1. The van der Waals surface area contributed by atoms with Crippen molar-refractivity contribution in [1.82, 2.24) is 9.55 Å². The van der Waals surface area contributed by atoms with Crippen LogP contribution in [0.3, 0.4) is 0 Å². The summed E-state index contributed by atoms with van der Waals surface area (Å²) in [7, 11) is 0. The fourth-order valence-corrected chi connectivity index (χ4v) is 2.47. The van der Waals surface area contributed by atoms with E-state index in [0.717, 1.165) is 10.8 Å². The van der Waals surface area contributed by atoms with E-state index in [1.165, 1.54) is 11.8 Å². The zero-order valence-corrected chi connectivity index (χ0v) is 9.96. The Morgan fingerprint density at radius 3 is 3.00 bits per heavy atom. The fourth-order valence-electron chi connectivity index (χ4n) is 1.54. The first-order valence-electron chi connectivity index (χ1n) is 5.02. The van der Waals surface area contributed by atoms with Gasteiger partial charge in [-0.3, -0.25) is 4.57 Å².